The number of anilines is 1. The van der Waals surface area contributed by atoms with Gasteiger partial charge in [0.2, 0.25) is 0 Å². The monoisotopic (exact) mass is 345 g/mol. The summed E-state index contributed by atoms with van der Waals surface area (Å²) in [6.45, 7) is 4.63. The van der Waals surface area contributed by atoms with Gasteiger partial charge in [0.05, 0.1) is 22.6 Å². The average Bonchev–Trinajstić information content (AvgIpc) is 3.09. The van der Waals surface area contributed by atoms with Gasteiger partial charge in [0.25, 0.3) is 0 Å². The number of nitrogens with zero attached hydrogens (tertiary/aromatic N) is 3. The van der Waals surface area contributed by atoms with Gasteiger partial charge in [-0.3, -0.25) is 4.98 Å². The Morgan fingerprint density at radius 1 is 1.04 bits per heavy atom. The number of benzene rings is 1. The van der Waals surface area contributed by atoms with E-state index in [0.29, 0.717) is 6.04 Å². The highest BCUT2D eigenvalue weighted by molar-refractivity contribution is 5.86. The van der Waals surface area contributed by atoms with E-state index in [0.717, 1.165) is 0 Å². The van der Waals surface area contributed by atoms with Crippen LogP contribution in [0, 0.1) is 6.92 Å². The van der Waals surface area contributed by atoms with E-state index in [4.69, 9.17) is 4.98 Å². The summed E-state index contributed by atoms with van der Waals surface area (Å²) in [5.41, 5.74) is 8.31. The van der Waals surface area contributed by atoms with Crippen molar-refractivity contribution in [1.82, 2.24) is 9.55 Å². The molecule has 1 fully saturated rings. The average molecular weight is 345 g/mol. The topological polar surface area (TPSA) is 21.1 Å². The van der Waals surface area contributed by atoms with Crippen molar-refractivity contribution in [2.24, 2.45) is 7.05 Å². The molecule has 0 radical (unpaired) electrons. The molecule has 1 aliphatic heterocycles. The van der Waals surface area contributed by atoms with E-state index in [1.807, 2.05) is 6.20 Å². The highest BCUT2D eigenvalue weighted by Crippen LogP contribution is 2.57. The molecule has 5 rings (SSSR count). The van der Waals surface area contributed by atoms with Crippen LogP contribution in [0.4, 0.5) is 5.69 Å². The second-order valence-corrected chi connectivity index (χ2v) is 8.12. The van der Waals surface area contributed by atoms with Crippen molar-refractivity contribution < 1.29 is 0 Å². The fourth-order valence-electron chi connectivity index (χ4n) is 5.74. The molecular formula is C23H27N3. The van der Waals surface area contributed by atoms with Gasteiger partial charge in [0.15, 0.2) is 0 Å². The van der Waals surface area contributed by atoms with Crippen molar-refractivity contribution >= 4 is 16.7 Å². The van der Waals surface area contributed by atoms with Gasteiger partial charge in [-0.2, -0.15) is 0 Å². The van der Waals surface area contributed by atoms with Gasteiger partial charge < -0.3 is 9.47 Å². The zero-order chi connectivity index (χ0) is 17.9. The molecule has 1 saturated carbocycles. The molecule has 3 heterocycles. The van der Waals surface area contributed by atoms with Crippen molar-refractivity contribution in [1.29, 1.82) is 0 Å². The van der Waals surface area contributed by atoms with Crippen molar-refractivity contribution in [2.45, 2.75) is 57.5 Å². The van der Waals surface area contributed by atoms with Crippen LogP contribution in [-0.2, 0) is 12.6 Å². The lowest BCUT2D eigenvalue weighted by atomic mass is 9.76. The molecule has 0 unspecified atom stereocenters. The highest BCUT2D eigenvalue weighted by atomic mass is 15.3. The van der Waals surface area contributed by atoms with Gasteiger partial charge in [0, 0.05) is 30.2 Å². The summed E-state index contributed by atoms with van der Waals surface area (Å²) in [5.74, 6) is 0. The number of fused-ring (bicyclic) bond motifs is 4. The molecule has 0 saturated heterocycles. The standard InChI is InChI=1S/C23H27N3/c1-16-10-5-6-11-18(16)26-17(2)22-20(23(26)13-7-4-8-14-23)21-19(25(22)3)12-9-15-24-21/h5-6,9-12,15,17H,4,7-8,13-14H2,1-3H3/t17-/m0/s1. The molecule has 2 aliphatic rings. The Balaban J connectivity index is 1.83. The van der Waals surface area contributed by atoms with E-state index in [1.54, 1.807) is 0 Å². The fourth-order valence-corrected chi connectivity index (χ4v) is 5.74. The van der Waals surface area contributed by atoms with Crippen molar-refractivity contribution in [3.05, 3.63) is 59.4 Å². The van der Waals surface area contributed by atoms with Gasteiger partial charge >= 0.3 is 0 Å². The van der Waals surface area contributed by atoms with Crippen LogP contribution in [0.1, 0.15) is 61.9 Å². The number of para-hydroxylation sites is 1. The molecule has 0 amide bonds. The number of aryl methyl sites for hydroxylation is 2. The Kier molecular flexibility index (Phi) is 3.43. The predicted octanol–water partition coefficient (Wildman–Crippen LogP) is 5.62. The summed E-state index contributed by atoms with van der Waals surface area (Å²) in [6, 6.07) is 13.5. The molecule has 1 aromatic carbocycles. The molecule has 3 heteroatoms. The van der Waals surface area contributed by atoms with E-state index < -0.39 is 0 Å². The molecule has 3 aromatic rings. The van der Waals surface area contributed by atoms with Crippen LogP contribution in [0.3, 0.4) is 0 Å². The molecule has 1 aliphatic carbocycles. The van der Waals surface area contributed by atoms with Gasteiger partial charge in [0.1, 0.15) is 0 Å². The Bertz CT molecular complexity index is 978. The highest BCUT2D eigenvalue weighted by Gasteiger charge is 2.52. The largest absolute Gasteiger partial charge is 0.353 e. The number of pyridine rings is 1. The first-order chi connectivity index (χ1) is 12.6. The van der Waals surface area contributed by atoms with Gasteiger partial charge in [-0.15, -0.1) is 0 Å². The zero-order valence-electron chi connectivity index (χ0n) is 16.0. The van der Waals surface area contributed by atoms with Gasteiger partial charge in [-0.05, 0) is 50.5 Å². The lowest BCUT2D eigenvalue weighted by Gasteiger charge is -2.46. The maximum Gasteiger partial charge on any atom is 0.0940 e. The van der Waals surface area contributed by atoms with Gasteiger partial charge in [-0.1, -0.05) is 37.5 Å². The predicted molar refractivity (Wildman–Crippen MR) is 108 cm³/mol. The third-order valence-corrected chi connectivity index (χ3v) is 6.77. The first-order valence-electron chi connectivity index (χ1n) is 9.94. The van der Waals surface area contributed by atoms with Crippen molar-refractivity contribution in [3.8, 4) is 0 Å². The van der Waals surface area contributed by atoms with Crippen LogP contribution in [0.5, 0.6) is 0 Å². The summed E-state index contributed by atoms with van der Waals surface area (Å²) in [7, 11) is 2.22. The second-order valence-electron chi connectivity index (χ2n) is 8.12. The fraction of sp³-hybridized carbons (Fsp3) is 0.435. The minimum Gasteiger partial charge on any atom is -0.353 e. The van der Waals surface area contributed by atoms with E-state index >= 15 is 0 Å². The summed E-state index contributed by atoms with van der Waals surface area (Å²) < 4.78 is 2.40. The molecule has 3 nitrogen and oxygen atoms in total. The van der Waals surface area contributed by atoms with Crippen LogP contribution in [0.2, 0.25) is 0 Å². The summed E-state index contributed by atoms with van der Waals surface area (Å²) in [5, 5.41) is 0. The summed E-state index contributed by atoms with van der Waals surface area (Å²) in [4.78, 5) is 7.60. The van der Waals surface area contributed by atoms with Crippen LogP contribution < -0.4 is 4.90 Å². The molecule has 1 spiro atoms. The Labute approximate surface area is 155 Å². The van der Waals surface area contributed by atoms with Crippen LogP contribution >= 0.6 is 0 Å². The smallest absolute Gasteiger partial charge is 0.0940 e. The molecule has 134 valence electrons. The Morgan fingerprint density at radius 3 is 2.58 bits per heavy atom. The van der Waals surface area contributed by atoms with Crippen LogP contribution in [0.25, 0.3) is 11.0 Å². The van der Waals surface area contributed by atoms with E-state index in [9.17, 15) is 0 Å². The summed E-state index contributed by atoms with van der Waals surface area (Å²) >= 11 is 0. The molecule has 0 N–H and O–H groups in total. The number of rotatable bonds is 1. The summed E-state index contributed by atoms with van der Waals surface area (Å²) in [6.07, 6.45) is 8.38. The molecule has 2 aromatic heterocycles. The van der Waals surface area contributed by atoms with Crippen molar-refractivity contribution in [3.63, 3.8) is 0 Å². The minimum absolute atomic E-state index is 0.0903. The molecule has 1 atom stereocenters. The van der Waals surface area contributed by atoms with Gasteiger partial charge in [-0.25, -0.2) is 0 Å². The normalized spacial score (nSPS) is 21.5. The number of hydrogen-bond donors (Lipinski definition) is 0. The lowest BCUT2D eigenvalue weighted by molar-refractivity contribution is 0.285. The second kappa shape index (κ2) is 5.60. The third kappa shape index (κ3) is 1.92. The maximum atomic E-state index is 4.86. The molecule has 0 bridgehead atoms. The SMILES string of the molecule is Cc1ccccc1N1[C@@H](C)c2c(c3ncccc3n2C)C12CCCCC2. The quantitative estimate of drug-likeness (QED) is 0.570. The molecule has 26 heavy (non-hydrogen) atoms. The minimum atomic E-state index is 0.0903. The first-order valence-corrected chi connectivity index (χ1v) is 9.94. The molecular weight excluding hydrogens is 318 g/mol. The third-order valence-electron chi connectivity index (χ3n) is 6.77. The van der Waals surface area contributed by atoms with Crippen molar-refractivity contribution in [2.75, 3.05) is 4.90 Å². The first kappa shape index (κ1) is 15.9. The maximum absolute atomic E-state index is 4.86. The Hall–Kier alpha value is -2.29. The number of aromatic nitrogens is 2. The van der Waals surface area contributed by atoms with E-state index in [-0.39, 0.29) is 5.54 Å². The zero-order valence-corrected chi connectivity index (χ0v) is 16.0. The number of hydrogen-bond acceptors (Lipinski definition) is 2. The van der Waals surface area contributed by atoms with E-state index in [1.165, 1.54) is 65.6 Å². The lowest BCUT2D eigenvalue weighted by Crippen LogP contribution is -2.44. The van der Waals surface area contributed by atoms with E-state index in [2.05, 4.69) is 66.8 Å². The Morgan fingerprint density at radius 2 is 1.81 bits per heavy atom. The van der Waals surface area contributed by atoms with Crippen LogP contribution in [-0.4, -0.2) is 9.55 Å². The van der Waals surface area contributed by atoms with Crippen LogP contribution in [0.15, 0.2) is 42.6 Å².